The molecule has 16 heavy (non-hydrogen) atoms. The summed E-state index contributed by atoms with van der Waals surface area (Å²) >= 11 is 0.586. The first-order chi connectivity index (χ1) is 7.43. The highest BCUT2D eigenvalue weighted by atomic mass is 32.2. The van der Waals surface area contributed by atoms with Crippen molar-refractivity contribution in [2.75, 3.05) is 0 Å². The van der Waals surface area contributed by atoms with Crippen molar-refractivity contribution in [3.05, 3.63) is 40.2 Å². The Bertz CT molecular complexity index is 434. The van der Waals surface area contributed by atoms with Gasteiger partial charge in [0, 0.05) is 0 Å². The van der Waals surface area contributed by atoms with Crippen molar-refractivity contribution in [2.45, 2.75) is 24.8 Å². The smallest absolute Gasteiger partial charge is 0.301 e. The highest BCUT2D eigenvalue weighted by Crippen LogP contribution is 2.40. The predicted octanol–water partition coefficient (Wildman–Crippen LogP) is 2.29. The van der Waals surface area contributed by atoms with Gasteiger partial charge in [0.15, 0.2) is 0 Å². The number of quaternary nitrogens is 1. The Labute approximate surface area is 97.5 Å². The summed E-state index contributed by atoms with van der Waals surface area (Å²) in [5.41, 5.74) is 0.418. The molecule has 0 aromatic heterocycles. The van der Waals surface area contributed by atoms with Crippen LogP contribution in [0, 0.1) is 10.4 Å². The van der Waals surface area contributed by atoms with E-state index in [2.05, 4.69) is 0 Å². The zero-order valence-corrected chi connectivity index (χ0v) is 9.73. The maximum Gasteiger partial charge on any atom is 0.301 e. The fourth-order valence-electron chi connectivity index (χ4n) is 1.64. The molecule has 0 saturated carbocycles. The Balaban J connectivity index is 2.51. The van der Waals surface area contributed by atoms with Gasteiger partial charge < -0.3 is 10.4 Å². The van der Waals surface area contributed by atoms with Crippen LogP contribution in [0.15, 0.2) is 29.2 Å². The van der Waals surface area contributed by atoms with Gasteiger partial charge in [-0.05, 0) is 26.0 Å². The topological polar surface area (TPSA) is 66.4 Å². The second kappa shape index (κ2) is 3.74. The van der Waals surface area contributed by atoms with Crippen LogP contribution in [0.3, 0.4) is 0 Å². The van der Waals surface area contributed by atoms with Crippen molar-refractivity contribution in [1.29, 1.82) is 0 Å². The zero-order chi connectivity index (χ0) is 11.9. The van der Waals surface area contributed by atoms with Crippen LogP contribution in [0.1, 0.15) is 24.2 Å². The Morgan fingerprint density at radius 1 is 1.31 bits per heavy atom. The average molecular weight is 239 g/mol. The predicted molar refractivity (Wildman–Crippen MR) is 60.6 cm³/mol. The number of rotatable bonds is 1. The van der Waals surface area contributed by atoms with Crippen molar-refractivity contribution in [3.63, 3.8) is 0 Å². The minimum Gasteiger partial charge on any atom is -0.593 e. The molecule has 0 bridgehead atoms. The van der Waals surface area contributed by atoms with E-state index in [0.717, 1.165) is 5.01 Å². The number of nitrogens with zero attached hydrogens (tertiary/aromatic N) is 2. The SMILES string of the molecule is CC(C)N1C(=O)c2ccccc2S[N+]1([O-])[O-]. The van der Waals surface area contributed by atoms with Crippen LogP contribution in [0.2, 0.25) is 0 Å². The van der Waals surface area contributed by atoms with Crippen molar-refractivity contribution in [1.82, 2.24) is 5.01 Å². The molecule has 1 aliphatic heterocycles. The molecule has 1 aliphatic rings. The maximum absolute atomic E-state index is 12.0. The maximum atomic E-state index is 12.0. The third kappa shape index (κ3) is 1.69. The number of amides is 1. The third-order valence-corrected chi connectivity index (χ3v) is 3.25. The lowest BCUT2D eigenvalue weighted by molar-refractivity contribution is -0.814. The van der Waals surface area contributed by atoms with Gasteiger partial charge in [-0.15, -0.1) is 0 Å². The molecule has 0 unspecified atom stereocenters. The Hall–Kier alpha value is -1.08. The number of carbonyl (C=O) groups is 1. The second-order valence-electron chi connectivity index (χ2n) is 3.80. The van der Waals surface area contributed by atoms with Crippen LogP contribution in [0.5, 0.6) is 0 Å². The molecule has 1 aromatic rings. The monoisotopic (exact) mass is 239 g/mol. The van der Waals surface area contributed by atoms with E-state index >= 15 is 0 Å². The van der Waals surface area contributed by atoms with Gasteiger partial charge in [0.05, 0.1) is 16.5 Å². The van der Waals surface area contributed by atoms with Gasteiger partial charge in [-0.2, -0.15) is 5.01 Å². The molecule has 0 radical (unpaired) electrons. The Kier molecular flexibility index (Phi) is 2.67. The first-order valence-electron chi connectivity index (χ1n) is 4.87. The van der Waals surface area contributed by atoms with E-state index in [1.807, 2.05) is 0 Å². The van der Waals surface area contributed by atoms with Gasteiger partial charge in [-0.1, -0.05) is 12.1 Å². The summed E-state index contributed by atoms with van der Waals surface area (Å²) in [5, 5.41) is 24.2. The van der Waals surface area contributed by atoms with Crippen molar-refractivity contribution < 1.29 is 9.12 Å². The third-order valence-electron chi connectivity index (χ3n) is 2.29. The lowest BCUT2D eigenvalue weighted by Gasteiger charge is -2.53. The molecule has 0 fully saturated rings. The fraction of sp³-hybridized carbons (Fsp3) is 0.300. The fourth-order valence-corrected chi connectivity index (χ4v) is 2.64. The first-order valence-corrected chi connectivity index (χ1v) is 5.64. The Morgan fingerprint density at radius 3 is 2.56 bits per heavy atom. The summed E-state index contributed by atoms with van der Waals surface area (Å²) in [6, 6.07) is 6.22. The van der Waals surface area contributed by atoms with E-state index in [1.54, 1.807) is 38.1 Å². The van der Waals surface area contributed by atoms with E-state index in [1.165, 1.54) is 0 Å². The van der Waals surface area contributed by atoms with Gasteiger partial charge in [0.2, 0.25) is 0 Å². The van der Waals surface area contributed by atoms with E-state index in [9.17, 15) is 15.2 Å². The molecule has 0 saturated heterocycles. The van der Waals surface area contributed by atoms with Crippen LogP contribution in [0.25, 0.3) is 0 Å². The molecule has 0 atom stereocenters. The average Bonchev–Trinajstić information content (AvgIpc) is 2.15. The normalized spacial score (nSPS) is 18.8. The van der Waals surface area contributed by atoms with E-state index < -0.39 is 16.3 Å². The molecule has 1 heterocycles. The van der Waals surface area contributed by atoms with Crippen molar-refractivity contribution >= 4 is 17.9 Å². The van der Waals surface area contributed by atoms with Gasteiger partial charge >= 0.3 is 5.91 Å². The highest BCUT2D eigenvalue weighted by Gasteiger charge is 2.37. The summed E-state index contributed by atoms with van der Waals surface area (Å²) in [4.78, 5) is 12.4. The molecule has 6 heteroatoms. The molecular formula is C10H11N2O3S-. The van der Waals surface area contributed by atoms with E-state index in [-0.39, 0.29) is 0 Å². The molecule has 1 aromatic carbocycles. The molecule has 0 N–H and O–H groups in total. The van der Waals surface area contributed by atoms with E-state index in [0.29, 0.717) is 22.4 Å². The molecule has 0 spiro atoms. The molecule has 86 valence electrons. The number of hydrogen-bond donors (Lipinski definition) is 0. The van der Waals surface area contributed by atoms with Crippen LogP contribution >= 0.6 is 11.9 Å². The second-order valence-corrected chi connectivity index (χ2v) is 4.88. The summed E-state index contributed by atoms with van der Waals surface area (Å²) in [6.45, 7) is 3.30. The van der Waals surface area contributed by atoms with Crippen molar-refractivity contribution in [3.8, 4) is 0 Å². The van der Waals surface area contributed by atoms with Gasteiger partial charge in [-0.3, -0.25) is 4.79 Å². The van der Waals surface area contributed by atoms with Crippen LogP contribution in [-0.4, -0.2) is 21.3 Å². The molecule has 1 amide bonds. The van der Waals surface area contributed by atoms with Crippen molar-refractivity contribution in [2.24, 2.45) is 0 Å². The lowest BCUT2D eigenvalue weighted by Crippen LogP contribution is -2.55. The minimum absolute atomic E-state index is 0.418. The summed E-state index contributed by atoms with van der Waals surface area (Å²) in [7, 11) is 0. The van der Waals surface area contributed by atoms with Crippen LogP contribution < -0.4 is 0 Å². The van der Waals surface area contributed by atoms with Gasteiger partial charge in [-0.25, -0.2) is 4.32 Å². The van der Waals surface area contributed by atoms with Gasteiger partial charge in [0.1, 0.15) is 11.9 Å². The zero-order valence-electron chi connectivity index (χ0n) is 8.91. The largest absolute Gasteiger partial charge is 0.593 e. The standard InChI is InChI=1S/C10H11N2O3S/c1-7(2)11-10(13)8-5-3-4-6-9(8)16-12(11,14)15/h3-7H,1-2H3/q-1. The summed E-state index contributed by atoms with van der Waals surface area (Å²) in [5.74, 6) is -0.505. The first kappa shape index (κ1) is 11.4. The number of hydrogen-bond acceptors (Lipinski definition) is 4. The molecule has 2 rings (SSSR count). The minimum atomic E-state index is -1.98. The summed E-state index contributed by atoms with van der Waals surface area (Å²) < 4.78 is -1.98. The quantitative estimate of drug-likeness (QED) is 0.428. The van der Waals surface area contributed by atoms with Crippen LogP contribution in [-0.2, 0) is 0 Å². The number of carbonyl (C=O) groups excluding carboxylic acids is 1. The summed E-state index contributed by atoms with van der Waals surface area (Å²) in [6.07, 6.45) is 0. The van der Waals surface area contributed by atoms with E-state index in [4.69, 9.17) is 0 Å². The van der Waals surface area contributed by atoms with Crippen LogP contribution in [0.4, 0.5) is 0 Å². The highest BCUT2D eigenvalue weighted by molar-refractivity contribution is 7.94. The number of benzene rings is 1. The molecule has 0 aliphatic carbocycles. The Morgan fingerprint density at radius 2 is 1.94 bits per heavy atom. The molecule has 5 nitrogen and oxygen atoms in total. The lowest BCUT2D eigenvalue weighted by atomic mass is 10.2. The number of fused-ring (bicyclic) bond motifs is 1. The van der Waals surface area contributed by atoms with Gasteiger partial charge in [0.25, 0.3) is 0 Å². The molecular weight excluding hydrogens is 228 g/mol.